The van der Waals surface area contributed by atoms with Crippen molar-refractivity contribution < 1.29 is 4.42 Å². The van der Waals surface area contributed by atoms with Gasteiger partial charge in [0.15, 0.2) is 5.84 Å². The zero-order chi connectivity index (χ0) is 35.6. The van der Waals surface area contributed by atoms with Crippen LogP contribution >= 0.6 is 0 Å². The van der Waals surface area contributed by atoms with Crippen molar-refractivity contribution in [1.82, 2.24) is 9.88 Å². The summed E-state index contributed by atoms with van der Waals surface area (Å²) in [5.41, 5.74) is 10.1. The number of amidine groups is 2. The predicted octanol–water partition coefficient (Wildman–Crippen LogP) is 12.0. The molecule has 2 aromatic heterocycles. The van der Waals surface area contributed by atoms with Gasteiger partial charge < -0.3 is 14.3 Å². The van der Waals surface area contributed by atoms with Crippen LogP contribution in [0.15, 0.2) is 196 Å². The Morgan fingerprint density at radius 1 is 0.500 bits per heavy atom. The number of hydrogen-bond acceptors (Lipinski definition) is 4. The van der Waals surface area contributed by atoms with Crippen molar-refractivity contribution in [3.05, 3.63) is 199 Å². The third kappa shape index (κ3) is 4.86. The number of furan rings is 1. The standard InChI is InChI=1S/C49H32N4O/c1-3-14-31(15-4-1)47-50-48(32-16-5-2-6-17-32)52-49(51-47)35-26-27-43(41(29-35)39-23-13-22-38-37-21-10-12-25-45(37)54-46(38)39)53-42-24-11-9-20-36(42)40-28-33-18-7-8-19-34(33)30-44(40)53/h1-30,47H,(H,50,51,52). The van der Waals surface area contributed by atoms with E-state index in [4.69, 9.17) is 14.4 Å². The van der Waals surface area contributed by atoms with Crippen molar-refractivity contribution in [2.24, 2.45) is 9.98 Å². The first-order chi connectivity index (χ1) is 26.8. The van der Waals surface area contributed by atoms with Gasteiger partial charge in [-0.15, -0.1) is 0 Å². The van der Waals surface area contributed by atoms with Crippen LogP contribution in [0.4, 0.5) is 0 Å². The molecule has 0 saturated heterocycles. The highest BCUT2D eigenvalue weighted by molar-refractivity contribution is 6.17. The fraction of sp³-hybridized carbons (Fsp3) is 0.0204. The van der Waals surface area contributed by atoms with E-state index in [1.54, 1.807) is 0 Å². The van der Waals surface area contributed by atoms with Crippen molar-refractivity contribution in [1.29, 1.82) is 0 Å². The first-order valence-electron chi connectivity index (χ1n) is 18.3. The summed E-state index contributed by atoms with van der Waals surface area (Å²) in [4.78, 5) is 10.4. The summed E-state index contributed by atoms with van der Waals surface area (Å²) in [5, 5.41) is 10.6. The van der Waals surface area contributed by atoms with Crippen LogP contribution in [-0.4, -0.2) is 16.2 Å². The van der Waals surface area contributed by atoms with Crippen molar-refractivity contribution in [3.63, 3.8) is 0 Å². The van der Waals surface area contributed by atoms with Crippen LogP contribution in [0.2, 0.25) is 0 Å². The number of rotatable bonds is 5. The van der Waals surface area contributed by atoms with E-state index in [2.05, 4.69) is 155 Å². The number of fused-ring (bicyclic) bond motifs is 7. The van der Waals surface area contributed by atoms with Gasteiger partial charge in [-0.25, -0.2) is 9.98 Å². The SMILES string of the molecule is c1ccc(C2=NC(c3ccc(-n4c5ccccc5c5cc6ccccc6cc54)c(-c4cccc5c4oc4ccccc45)c3)=NC(c3ccccc3)N2)cc1. The average Bonchev–Trinajstić information content (AvgIpc) is 3.78. The van der Waals surface area contributed by atoms with Crippen LogP contribution in [0.5, 0.6) is 0 Å². The molecule has 0 spiro atoms. The minimum absolute atomic E-state index is 0.304. The summed E-state index contributed by atoms with van der Waals surface area (Å²) in [7, 11) is 0. The normalized spacial score (nSPS) is 14.5. The summed E-state index contributed by atoms with van der Waals surface area (Å²) in [6, 6.07) is 63.9. The van der Waals surface area contributed by atoms with Crippen molar-refractivity contribution >= 4 is 66.2 Å². The molecule has 10 aromatic rings. The number of aliphatic imine (C=N–C) groups is 2. The zero-order valence-electron chi connectivity index (χ0n) is 29.1. The zero-order valence-corrected chi connectivity index (χ0v) is 29.1. The van der Waals surface area contributed by atoms with Crippen LogP contribution in [-0.2, 0) is 0 Å². The number of aromatic nitrogens is 1. The van der Waals surface area contributed by atoms with E-state index in [1.165, 1.54) is 21.5 Å². The van der Waals surface area contributed by atoms with Gasteiger partial charge in [0.2, 0.25) is 0 Å². The Balaban J connectivity index is 1.20. The van der Waals surface area contributed by atoms with Crippen molar-refractivity contribution in [2.75, 3.05) is 0 Å². The molecule has 1 atom stereocenters. The average molecular weight is 693 g/mol. The van der Waals surface area contributed by atoms with Crippen LogP contribution in [0.25, 0.3) is 71.3 Å². The van der Waals surface area contributed by atoms with Crippen molar-refractivity contribution in [3.8, 4) is 16.8 Å². The summed E-state index contributed by atoms with van der Waals surface area (Å²) in [5.74, 6) is 1.45. The Labute approximate surface area is 311 Å². The van der Waals surface area contributed by atoms with E-state index in [1.807, 2.05) is 36.4 Å². The van der Waals surface area contributed by atoms with Gasteiger partial charge in [0.05, 0.1) is 16.7 Å². The fourth-order valence-electron chi connectivity index (χ4n) is 8.09. The molecule has 11 rings (SSSR count). The van der Waals surface area contributed by atoms with Gasteiger partial charge >= 0.3 is 0 Å². The predicted molar refractivity (Wildman–Crippen MR) is 223 cm³/mol. The summed E-state index contributed by atoms with van der Waals surface area (Å²) < 4.78 is 9.11. The second kappa shape index (κ2) is 12.2. The minimum Gasteiger partial charge on any atom is -0.455 e. The molecule has 0 saturated carbocycles. The first-order valence-corrected chi connectivity index (χ1v) is 18.3. The van der Waals surface area contributed by atoms with Crippen LogP contribution in [0.1, 0.15) is 22.9 Å². The maximum Gasteiger partial charge on any atom is 0.159 e. The second-order valence-electron chi connectivity index (χ2n) is 13.8. The Hall–Kier alpha value is -7.24. The van der Waals surface area contributed by atoms with Gasteiger partial charge in [-0.3, -0.25) is 0 Å². The van der Waals surface area contributed by atoms with E-state index in [-0.39, 0.29) is 6.17 Å². The van der Waals surface area contributed by atoms with Gasteiger partial charge in [-0.05, 0) is 58.8 Å². The minimum atomic E-state index is -0.304. The highest BCUT2D eigenvalue weighted by Gasteiger charge is 2.24. The van der Waals surface area contributed by atoms with E-state index in [0.29, 0.717) is 5.84 Å². The second-order valence-corrected chi connectivity index (χ2v) is 13.8. The summed E-state index contributed by atoms with van der Waals surface area (Å²) in [6.45, 7) is 0. The van der Waals surface area contributed by atoms with Gasteiger partial charge in [-0.1, -0.05) is 140 Å². The molecule has 0 bridgehead atoms. The monoisotopic (exact) mass is 692 g/mol. The molecule has 3 heterocycles. The van der Waals surface area contributed by atoms with Gasteiger partial charge in [0, 0.05) is 43.8 Å². The largest absolute Gasteiger partial charge is 0.455 e. The Morgan fingerprint density at radius 2 is 1.20 bits per heavy atom. The lowest BCUT2D eigenvalue weighted by Gasteiger charge is -2.24. The number of nitrogens with one attached hydrogen (secondary N) is 1. The quantitative estimate of drug-likeness (QED) is 0.195. The lowest BCUT2D eigenvalue weighted by atomic mass is 9.97. The first kappa shape index (κ1) is 30.4. The van der Waals surface area contributed by atoms with E-state index >= 15 is 0 Å². The van der Waals surface area contributed by atoms with Gasteiger partial charge in [-0.2, -0.15) is 0 Å². The molecule has 0 radical (unpaired) electrons. The molecule has 0 aliphatic carbocycles. The van der Waals surface area contributed by atoms with Crippen molar-refractivity contribution in [2.45, 2.75) is 6.17 Å². The Morgan fingerprint density at radius 3 is 2.06 bits per heavy atom. The molecule has 0 amide bonds. The highest BCUT2D eigenvalue weighted by atomic mass is 16.3. The molecule has 0 fully saturated rings. The number of para-hydroxylation sites is 3. The molecule has 1 unspecified atom stereocenters. The van der Waals surface area contributed by atoms with Crippen LogP contribution in [0.3, 0.4) is 0 Å². The Kier molecular flexibility index (Phi) is 6.85. The molecule has 5 nitrogen and oxygen atoms in total. The van der Waals surface area contributed by atoms with E-state index in [9.17, 15) is 0 Å². The molecule has 54 heavy (non-hydrogen) atoms. The number of hydrogen-bond donors (Lipinski definition) is 1. The lowest BCUT2D eigenvalue weighted by Crippen LogP contribution is -2.33. The van der Waals surface area contributed by atoms with Crippen LogP contribution < -0.4 is 5.32 Å². The fourth-order valence-corrected chi connectivity index (χ4v) is 8.09. The molecule has 5 heteroatoms. The van der Waals surface area contributed by atoms with Crippen LogP contribution in [0, 0.1) is 0 Å². The van der Waals surface area contributed by atoms with E-state index in [0.717, 1.165) is 72.3 Å². The Bertz CT molecular complexity index is 3140. The van der Waals surface area contributed by atoms with Gasteiger partial charge in [0.1, 0.15) is 23.2 Å². The maximum atomic E-state index is 6.70. The maximum absolute atomic E-state index is 6.70. The molecule has 1 aliphatic heterocycles. The third-order valence-corrected chi connectivity index (χ3v) is 10.6. The smallest absolute Gasteiger partial charge is 0.159 e. The molecular formula is C49H32N4O. The molecule has 8 aromatic carbocycles. The topological polar surface area (TPSA) is 54.8 Å². The molecular weight excluding hydrogens is 661 g/mol. The lowest BCUT2D eigenvalue weighted by molar-refractivity contribution is 0.670. The highest BCUT2D eigenvalue weighted by Crippen LogP contribution is 2.42. The molecule has 1 N–H and O–H groups in total. The third-order valence-electron chi connectivity index (χ3n) is 10.6. The summed E-state index contributed by atoms with van der Waals surface area (Å²) >= 11 is 0. The molecule has 1 aliphatic rings. The molecule has 254 valence electrons. The van der Waals surface area contributed by atoms with Gasteiger partial charge in [0.25, 0.3) is 0 Å². The number of nitrogens with zero attached hydrogens (tertiary/aromatic N) is 3. The number of benzene rings is 8. The summed E-state index contributed by atoms with van der Waals surface area (Å²) in [6.07, 6.45) is -0.304. The van der Waals surface area contributed by atoms with E-state index < -0.39 is 0 Å².